The van der Waals surface area contributed by atoms with Crippen LogP contribution < -0.4 is 5.32 Å². The summed E-state index contributed by atoms with van der Waals surface area (Å²) in [4.78, 5) is 16.5. The molecule has 0 fully saturated rings. The summed E-state index contributed by atoms with van der Waals surface area (Å²) in [5, 5.41) is 12.5. The van der Waals surface area contributed by atoms with E-state index in [4.69, 9.17) is 0 Å². The zero-order valence-electron chi connectivity index (χ0n) is 11.0. The molecule has 0 radical (unpaired) electrons. The van der Waals surface area contributed by atoms with Gasteiger partial charge in [0.1, 0.15) is 0 Å². The van der Waals surface area contributed by atoms with Gasteiger partial charge in [-0.25, -0.2) is 0 Å². The molecule has 0 aliphatic rings. The highest BCUT2D eigenvalue weighted by Crippen LogP contribution is 2.18. The third-order valence-electron chi connectivity index (χ3n) is 2.51. The van der Waals surface area contributed by atoms with Gasteiger partial charge in [0.25, 0.3) is 0 Å². The molecule has 4 nitrogen and oxygen atoms in total. The molecule has 5 heteroatoms. The quantitative estimate of drug-likeness (QED) is 0.798. The molecule has 1 aromatic rings. The van der Waals surface area contributed by atoms with Crippen molar-refractivity contribution in [2.75, 3.05) is 12.3 Å². The zero-order valence-corrected chi connectivity index (χ0v) is 11.8. The van der Waals surface area contributed by atoms with E-state index in [1.54, 1.807) is 12.4 Å². The summed E-state index contributed by atoms with van der Waals surface area (Å²) in [5.41, 5.74) is -0.217. The topological polar surface area (TPSA) is 62.2 Å². The molecule has 0 aromatic carbocycles. The van der Waals surface area contributed by atoms with Crippen LogP contribution in [0.2, 0.25) is 0 Å². The van der Waals surface area contributed by atoms with E-state index in [1.807, 2.05) is 32.9 Å². The van der Waals surface area contributed by atoms with Crippen molar-refractivity contribution < 1.29 is 9.90 Å². The first-order valence-electron chi connectivity index (χ1n) is 5.87. The van der Waals surface area contributed by atoms with E-state index in [0.717, 1.165) is 4.90 Å². The zero-order chi connectivity index (χ0) is 13.6. The Morgan fingerprint density at radius 3 is 2.61 bits per heavy atom. The molecule has 2 N–H and O–H groups in total. The molecule has 0 spiro atoms. The van der Waals surface area contributed by atoms with Crippen molar-refractivity contribution in [1.82, 2.24) is 10.3 Å². The first kappa shape index (κ1) is 15.0. The summed E-state index contributed by atoms with van der Waals surface area (Å²) in [6.07, 6.45) is 2.86. The van der Waals surface area contributed by atoms with Crippen LogP contribution in [0, 0.1) is 5.41 Å². The van der Waals surface area contributed by atoms with Gasteiger partial charge >= 0.3 is 0 Å². The van der Waals surface area contributed by atoms with Crippen molar-refractivity contribution >= 4 is 17.7 Å². The van der Waals surface area contributed by atoms with Crippen molar-refractivity contribution in [3.05, 3.63) is 24.5 Å². The smallest absolute Gasteiger partial charge is 0.230 e. The molecule has 1 unspecified atom stereocenters. The summed E-state index contributed by atoms with van der Waals surface area (Å²) >= 11 is 1.45. The molecule has 1 rings (SSSR count). The molecule has 0 saturated heterocycles. The molecule has 1 atom stereocenters. The molecule has 100 valence electrons. The molecule has 18 heavy (non-hydrogen) atoms. The summed E-state index contributed by atoms with van der Waals surface area (Å²) in [7, 11) is 0. The molecule has 0 saturated carbocycles. The number of nitrogens with zero attached hydrogens (tertiary/aromatic N) is 1. The van der Waals surface area contributed by atoms with Gasteiger partial charge in [-0.1, -0.05) is 20.8 Å². The molecular formula is C13H20N2O2S. The molecule has 0 bridgehead atoms. The lowest BCUT2D eigenvalue weighted by Crippen LogP contribution is -2.39. The number of aliphatic hydroxyl groups is 1. The number of thioether (sulfide) groups is 1. The maximum absolute atomic E-state index is 11.6. The third kappa shape index (κ3) is 5.51. The minimum absolute atomic E-state index is 0.0693. The predicted molar refractivity (Wildman–Crippen MR) is 73.4 cm³/mol. The number of carbonyl (C=O) groups excluding carboxylic acids is 1. The minimum Gasteiger partial charge on any atom is -0.391 e. The fourth-order valence-electron chi connectivity index (χ4n) is 1.15. The van der Waals surface area contributed by atoms with Crippen LogP contribution in [0.5, 0.6) is 0 Å². The average molecular weight is 268 g/mol. The molecule has 0 aliphatic heterocycles. The van der Waals surface area contributed by atoms with E-state index in [9.17, 15) is 9.90 Å². The van der Waals surface area contributed by atoms with Gasteiger partial charge in [0, 0.05) is 23.8 Å². The maximum atomic E-state index is 11.6. The Morgan fingerprint density at radius 1 is 1.44 bits per heavy atom. The van der Waals surface area contributed by atoms with Gasteiger partial charge in [0.15, 0.2) is 0 Å². The molecule has 1 amide bonds. The van der Waals surface area contributed by atoms with Gasteiger partial charge in [-0.3, -0.25) is 9.78 Å². The van der Waals surface area contributed by atoms with Crippen molar-refractivity contribution in [1.29, 1.82) is 0 Å². The monoisotopic (exact) mass is 268 g/mol. The summed E-state index contributed by atoms with van der Waals surface area (Å²) in [6.45, 7) is 6.11. The van der Waals surface area contributed by atoms with E-state index in [0.29, 0.717) is 12.3 Å². The third-order valence-corrected chi connectivity index (χ3v) is 3.52. The average Bonchev–Trinajstić information content (AvgIpc) is 2.33. The Balaban J connectivity index is 2.27. The van der Waals surface area contributed by atoms with E-state index >= 15 is 0 Å². The number of hydrogen-bond acceptors (Lipinski definition) is 4. The Labute approximate surface area is 112 Å². The predicted octanol–water partition coefficient (Wildman–Crippen LogP) is 1.70. The lowest BCUT2D eigenvalue weighted by molar-refractivity contribution is -0.119. The Bertz CT molecular complexity index is 376. The number of aliphatic hydroxyl groups excluding tert-OH is 1. The SMILES string of the molecule is CC(C)(C)C(O)CNC(=O)CSc1ccncc1. The van der Waals surface area contributed by atoms with Gasteiger partial charge in [-0.05, 0) is 17.5 Å². The number of carbonyl (C=O) groups is 1. The Hall–Kier alpha value is -1.07. The fourth-order valence-corrected chi connectivity index (χ4v) is 1.87. The Kier molecular flexibility index (Phi) is 5.62. The molecule has 0 aliphatic carbocycles. The van der Waals surface area contributed by atoms with Gasteiger partial charge in [-0.15, -0.1) is 11.8 Å². The number of nitrogens with one attached hydrogen (secondary N) is 1. The number of amides is 1. The standard InChI is InChI=1S/C13H20N2O2S/c1-13(2,3)11(16)8-15-12(17)9-18-10-4-6-14-7-5-10/h4-7,11,16H,8-9H2,1-3H3,(H,15,17). The number of pyridine rings is 1. The van der Waals surface area contributed by atoms with Gasteiger partial charge < -0.3 is 10.4 Å². The Morgan fingerprint density at radius 2 is 2.06 bits per heavy atom. The first-order valence-corrected chi connectivity index (χ1v) is 6.86. The van der Waals surface area contributed by atoms with Crippen LogP contribution in [-0.4, -0.2) is 34.4 Å². The molecule has 1 aromatic heterocycles. The van der Waals surface area contributed by atoms with Crippen LogP contribution in [0.3, 0.4) is 0 Å². The van der Waals surface area contributed by atoms with Crippen LogP contribution in [0.25, 0.3) is 0 Å². The highest BCUT2D eigenvalue weighted by molar-refractivity contribution is 8.00. The van der Waals surface area contributed by atoms with Crippen molar-refractivity contribution in [2.24, 2.45) is 5.41 Å². The summed E-state index contributed by atoms with van der Waals surface area (Å²) in [5.74, 6) is 0.279. The van der Waals surface area contributed by atoms with Gasteiger partial charge in [-0.2, -0.15) is 0 Å². The molecular weight excluding hydrogens is 248 g/mol. The maximum Gasteiger partial charge on any atom is 0.230 e. The van der Waals surface area contributed by atoms with Gasteiger partial charge in [0.2, 0.25) is 5.91 Å². The summed E-state index contributed by atoms with van der Waals surface area (Å²) in [6, 6.07) is 3.73. The van der Waals surface area contributed by atoms with Crippen molar-refractivity contribution in [2.45, 2.75) is 31.8 Å². The second kappa shape index (κ2) is 6.75. The first-order chi connectivity index (χ1) is 8.39. The van der Waals surface area contributed by atoms with Crippen molar-refractivity contribution in [3.63, 3.8) is 0 Å². The highest BCUT2D eigenvalue weighted by atomic mass is 32.2. The van der Waals surface area contributed by atoms with Gasteiger partial charge in [0.05, 0.1) is 11.9 Å². The highest BCUT2D eigenvalue weighted by Gasteiger charge is 2.22. The number of hydrogen-bond donors (Lipinski definition) is 2. The van der Waals surface area contributed by atoms with E-state index in [1.165, 1.54) is 11.8 Å². The largest absolute Gasteiger partial charge is 0.391 e. The van der Waals surface area contributed by atoms with Crippen LogP contribution in [0.4, 0.5) is 0 Å². The number of rotatable bonds is 5. The van der Waals surface area contributed by atoms with Crippen LogP contribution >= 0.6 is 11.8 Å². The van der Waals surface area contributed by atoms with E-state index in [2.05, 4.69) is 10.3 Å². The second-order valence-electron chi connectivity index (χ2n) is 5.16. The lowest BCUT2D eigenvalue weighted by Gasteiger charge is -2.25. The van der Waals surface area contributed by atoms with E-state index < -0.39 is 6.10 Å². The van der Waals surface area contributed by atoms with Crippen LogP contribution in [-0.2, 0) is 4.79 Å². The number of aromatic nitrogens is 1. The minimum atomic E-state index is -0.535. The van der Waals surface area contributed by atoms with Crippen molar-refractivity contribution in [3.8, 4) is 0 Å². The van der Waals surface area contributed by atoms with E-state index in [-0.39, 0.29) is 11.3 Å². The summed E-state index contributed by atoms with van der Waals surface area (Å²) < 4.78 is 0. The molecule has 1 heterocycles. The van der Waals surface area contributed by atoms with Crippen LogP contribution in [0.15, 0.2) is 29.4 Å². The normalized spacial score (nSPS) is 13.1. The van der Waals surface area contributed by atoms with Crippen LogP contribution in [0.1, 0.15) is 20.8 Å². The fraction of sp³-hybridized carbons (Fsp3) is 0.538. The lowest BCUT2D eigenvalue weighted by atomic mass is 9.89. The second-order valence-corrected chi connectivity index (χ2v) is 6.21.